The summed E-state index contributed by atoms with van der Waals surface area (Å²) in [6, 6.07) is 12.8. The van der Waals surface area contributed by atoms with E-state index in [9.17, 15) is 9.59 Å². The van der Waals surface area contributed by atoms with E-state index in [1.807, 2.05) is 38.1 Å². The van der Waals surface area contributed by atoms with Crippen LogP contribution in [0.4, 0.5) is 0 Å². The fourth-order valence-electron chi connectivity index (χ4n) is 3.88. The maximum atomic E-state index is 13.2. The summed E-state index contributed by atoms with van der Waals surface area (Å²) in [5.41, 5.74) is 2.98. The lowest BCUT2D eigenvalue weighted by Crippen LogP contribution is -2.50. The lowest BCUT2D eigenvalue weighted by molar-refractivity contribution is -0.142. The number of nitrogens with one attached hydrogen (secondary N) is 1. The second kappa shape index (κ2) is 10.7. The SMILES string of the molecule is Cc1cc(OCC(=O)N(Cc2ccccc2C)[C@@H](C)C(=O)NC2CCCC2)ccc1Cl. The number of nitrogens with zero attached hydrogens (tertiary/aromatic N) is 1. The van der Waals surface area contributed by atoms with E-state index in [0.717, 1.165) is 42.4 Å². The topological polar surface area (TPSA) is 58.6 Å². The number of benzene rings is 2. The Morgan fingerprint density at radius 3 is 2.52 bits per heavy atom. The summed E-state index contributed by atoms with van der Waals surface area (Å²) in [6.07, 6.45) is 4.28. The van der Waals surface area contributed by atoms with Gasteiger partial charge in [-0.25, -0.2) is 0 Å². The molecule has 6 heteroatoms. The second-order valence-electron chi connectivity index (χ2n) is 8.31. The van der Waals surface area contributed by atoms with E-state index in [0.29, 0.717) is 17.3 Å². The van der Waals surface area contributed by atoms with Crippen molar-refractivity contribution in [3.63, 3.8) is 0 Å². The third-order valence-electron chi connectivity index (χ3n) is 5.96. The van der Waals surface area contributed by atoms with E-state index in [4.69, 9.17) is 16.3 Å². The van der Waals surface area contributed by atoms with E-state index >= 15 is 0 Å². The lowest BCUT2D eigenvalue weighted by atomic mass is 10.1. The first kappa shape index (κ1) is 23.1. The number of halogens is 1. The van der Waals surface area contributed by atoms with Crippen LogP contribution in [0, 0.1) is 13.8 Å². The van der Waals surface area contributed by atoms with Gasteiger partial charge in [-0.05, 0) is 68.5 Å². The summed E-state index contributed by atoms with van der Waals surface area (Å²) < 4.78 is 5.73. The zero-order valence-corrected chi connectivity index (χ0v) is 19.2. The van der Waals surface area contributed by atoms with Gasteiger partial charge in [-0.1, -0.05) is 48.7 Å². The minimum absolute atomic E-state index is 0.115. The summed E-state index contributed by atoms with van der Waals surface area (Å²) in [4.78, 5) is 27.7. The maximum Gasteiger partial charge on any atom is 0.261 e. The predicted octanol–water partition coefficient (Wildman–Crippen LogP) is 4.81. The van der Waals surface area contributed by atoms with E-state index < -0.39 is 6.04 Å². The zero-order valence-electron chi connectivity index (χ0n) is 18.5. The molecule has 166 valence electrons. The molecule has 1 aliphatic rings. The Morgan fingerprint density at radius 1 is 1.13 bits per heavy atom. The molecule has 31 heavy (non-hydrogen) atoms. The molecule has 2 aromatic rings. The van der Waals surface area contributed by atoms with Crippen LogP contribution in [0.5, 0.6) is 5.75 Å². The van der Waals surface area contributed by atoms with Gasteiger partial charge in [0.1, 0.15) is 11.8 Å². The molecule has 1 N–H and O–H groups in total. The van der Waals surface area contributed by atoms with Crippen molar-refractivity contribution in [2.45, 2.75) is 65.1 Å². The van der Waals surface area contributed by atoms with Gasteiger partial charge in [0, 0.05) is 17.6 Å². The van der Waals surface area contributed by atoms with Gasteiger partial charge in [0.15, 0.2) is 6.61 Å². The second-order valence-corrected chi connectivity index (χ2v) is 8.72. The number of amides is 2. The maximum absolute atomic E-state index is 13.2. The molecule has 1 aliphatic carbocycles. The molecule has 3 rings (SSSR count). The van der Waals surface area contributed by atoms with E-state index in [1.165, 1.54) is 0 Å². The van der Waals surface area contributed by atoms with Crippen molar-refractivity contribution in [1.29, 1.82) is 0 Å². The highest BCUT2D eigenvalue weighted by Gasteiger charge is 2.29. The van der Waals surface area contributed by atoms with Crippen molar-refractivity contribution in [2.24, 2.45) is 0 Å². The monoisotopic (exact) mass is 442 g/mol. The quantitative estimate of drug-likeness (QED) is 0.638. The van der Waals surface area contributed by atoms with Gasteiger partial charge >= 0.3 is 0 Å². The fraction of sp³-hybridized carbons (Fsp3) is 0.440. The summed E-state index contributed by atoms with van der Waals surface area (Å²) in [6.45, 7) is 5.89. The van der Waals surface area contributed by atoms with Crippen LogP contribution in [0.15, 0.2) is 42.5 Å². The fourth-order valence-corrected chi connectivity index (χ4v) is 4.00. The molecule has 5 nitrogen and oxygen atoms in total. The Kier molecular flexibility index (Phi) is 7.97. The molecule has 1 atom stereocenters. The number of rotatable bonds is 8. The molecule has 2 aromatic carbocycles. The van der Waals surface area contributed by atoms with Crippen LogP contribution in [0.2, 0.25) is 5.02 Å². The minimum Gasteiger partial charge on any atom is -0.484 e. The summed E-state index contributed by atoms with van der Waals surface area (Å²) in [5, 5.41) is 3.76. The van der Waals surface area contributed by atoms with E-state index in [-0.39, 0.29) is 24.5 Å². The minimum atomic E-state index is -0.594. The molecule has 0 bridgehead atoms. The number of ether oxygens (including phenoxy) is 1. The first-order valence-corrected chi connectivity index (χ1v) is 11.3. The molecular formula is C25H31ClN2O3. The number of hydrogen-bond donors (Lipinski definition) is 1. The van der Waals surface area contributed by atoms with Gasteiger partial charge in [0.2, 0.25) is 5.91 Å². The van der Waals surface area contributed by atoms with Gasteiger partial charge < -0.3 is 15.0 Å². The van der Waals surface area contributed by atoms with Gasteiger partial charge in [-0.15, -0.1) is 0 Å². The van der Waals surface area contributed by atoms with Gasteiger partial charge in [0.25, 0.3) is 5.91 Å². The Balaban J connectivity index is 1.73. The van der Waals surface area contributed by atoms with E-state index in [1.54, 1.807) is 30.0 Å². The number of aryl methyl sites for hydroxylation is 2. The first-order valence-electron chi connectivity index (χ1n) is 10.9. The molecule has 0 spiro atoms. The number of carbonyl (C=O) groups is 2. The van der Waals surface area contributed by atoms with Crippen LogP contribution in [-0.4, -0.2) is 35.4 Å². The lowest BCUT2D eigenvalue weighted by Gasteiger charge is -2.30. The number of carbonyl (C=O) groups excluding carboxylic acids is 2. The van der Waals surface area contributed by atoms with Gasteiger partial charge in [-0.2, -0.15) is 0 Å². The van der Waals surface area contributed by atoms with Crippen LogP contribution in [0.25, 0.3) is 0 Å². The Labute approximate surface area is 189 Å². The van der Waals surface area contributed by atoms with Crippen molar-refractivity contribution in [3.05, 3.63) is 64.2 Å². The Morgan fingerprint density at radius 2 is 1.84 bits per heavy atom. The third kappa shape index (κ3) is 6.23. The molecule has 0 unspecified atom stereocenters. The molecule has 2 amide bonds. The van der Waals surface area contributed by atoms with Crippen LogP contribution in [0.1, 0.15) is 49.3 Å². The van der Waals surface area contributed by atoms with Crippen molar-refractivity contribution in [1.82, 2.24) is 10.2 Å². The Bertz CT molecular complexity index is 925. The molecule has 1 saturated carbocycles. The molecule has 0 heterocycles. The van der Waals surface area contributed by atoms with Gasteiger partial charge in [-0.3, -0.25) is 9.59 Å². The Hall–Kier alpha value is -2.53. The molecule has 1 fully saturated rings. The van der Waals surface area contributed by atoms with E-state index in [2.05, 4.69) is 5.32 Å². The number of hydrogen-bond acceptors (Lipinski definition) is 3. The van der Waals surface area contributed by atoms with Crippen molar-refractivity contribution in [2.75, 3.05) is 6.61 Å². The third-order valence-corrected chi connectivity index (χ3v) is 6.39. The van der Waals surface area contributed by atoms with Crippen LogP contribution in [0.3, 0.4) is 0 Å². The average Bonchev–Trinajstić information content (AvgIpc) is 3.26. The molecular weight excluding hydrogens is 412 g/mol. The smallest absolute Gasteiger partial charge is 0.261 e. The zero-order chi connectivity index (χ0) is 22.4. The molecule has 0 aliphatic heterocycles. The largest absolute Gasteiger partial charge is 0.484 e. The van der Waals surface area contributed by atoms with Crippen molar-refractivity contribution in [3.8, 4) is 5.75 Å². The van der Waals surface area contributed by atoms with Gasteiger partial charge in [0.05, 0.1) is 0 Å². The molecule has 0 saturated heterocycles. The summed E-state index contributed by atoms with van der Waals surface area (Å²) >= 11 is 6.07. The first-order chi connectivity index (χ1) is 14.8. The highest BCUT2D eigenvalue weighted by molar-refractivity contribution is 6.31. The van der Waals surface area contributed by atoms with Crippen LogP contribution in [-0.2, 0) is 16.1 Å². The van der Waals surface area contributed by atoms with Crippen LogP contribution < -0.4 is 10.1 Å². The molecule has 0 aromatic heterocycles. The van der Waals surface area contributed by atoms with Crippen molar-refractivity contribution < 1.29 is 14.3 Å². The average molecular weight is 443 g/mol. The summed E-state index contributed by atoms with van der Waals surface area (Å²) in [5.74, 6) is 0.232. The highest BCUT2D eigenvalue weighted by Crippen LogP contribution is 2.22. The summed E-state index contributed by atoms with van der Waals surface area (Å²) in [7, 11) is 0. The van der Waals surface area contributed by atoms with Crippen LogP contribution >= 0.6 is 11.6 Å². The standard InChI is InChI=1S/C25H31ClN2O3/c1-17-8-4-5-9-20(17)15-28(19(3)25(30)27-21-10-6-7-11-21)24(29)16-31-22-12-13-23(26)18(2)14-22/h4-5,8-9,12-14,19,21H,6-7,10-11,15-16H2,1-3H3,(H,27,30)/t19-/m0/s1. The molecule has 0 radical (unpaired) electrons. The van der Waals surface area contributed by atoms with Crippen molar-refractivity contribution >= 4 is 23.4 Å². The predicted molar refractivity (Wildman–Crippen MR) is 123 cm³/mol. The highest BCUT2D eigenvalue weighted by atomic mass is 35.5. The normalized spacial score (nSPS) is 14.8.